The van der Waals surface area contributed by atoms with Crippen LogP contribution < -0.4 is 5.32 Å². The summed E-state index contributed by atoms with van der Waals surface area (Å²) < 4.78 is 2.10. The molecule has 0 radical (unpaired) electrons. The van der Waals surface area contributed by atoms with Crippen molar-refractivity contribution < 1.29 is 9.59 Å². The third-order valence-corrected chi connectivity index (χ3v) is 4.47. The van der Waals surface area contributed by atoms with E-state index in [1.807, 2.05) is 51.1 Å². The molecule has 6 nitrogen and oxygen atoms in total. The van der Waals surface area contributed by atoms with E-state index in [-0.39, 0.29) is 24.7 Å². The smallest absolute Gasteiger partial charge is 0.266 e. The molecule has 0 aliphatic carbocycles. The number of carbonyl (C=O) groups is 2. The molecule has 132 valence electrons. The van der Waals surface area contributed by atoms with Gasteiger partial charge in [0, 0.05) is 17.1 Å². The summed E-state index contributed by atoms with van der Waals surface area (Å²) in [6.45, 7) is 6.11. The summed E-state index contributed by atoms with van der Waals surface area (Å²) in [6.07, 6.45) is 1.60. The number of benzene rings is 1. The number of amides is 2. The first-order valence-corrected chi connectivity index (χ1v) is 8.34. The summed E-state index contributed by atoms with van der Waals surface area (Å²) in [5.74, 6) is -0.653. The average molecular weight is 348 g/mol. The van der Waals surface area contributed by atoms with Crippen molar-refractivity contribution in [1.29, 1.82) is 5.26 Å². The number of aryl methyl sites for hydroxylation is 2. The van der Waals surface area contributed by atoms with Crippen LogP contribution in [0.3, 0.4) is 0 Å². The molecule has 1 aromatic heterocycles. The predicted octanol–water partition coefficient (Wildman–Crippen LogP) is 2.23. The van der Waals surface area contributed by atoms with E-state index < -0.39 is 5.91 Å². The van der Waals surface area contributed by atoms with E-state index >= 15 is 0 Å². The molecule has 1 aromatic carbocycles. The van der Waals surface area contributed by atoms with Gasteiger partial charge in [0.2, 0.25) is 5.91 Å². The van der Waals surface area contributed by atoms with Gasteiger partial charge in [-0.3, -0.25) is 9.59 Å². The zero-order valence-electron chi connectivity index (χ0n) is 15.0. The van der Waals surface area contributed by atoms with Gasteiger partial charge in [-0.1, -0.05) is 12.1 Å². The monoisotopic (exact) mass is 348 g/mol. The van der Waals surface area contributed by atoms with Crippen LogP contribution in [0.15, 0.2) is 35.9 Å². The van der Waals surface area contributed by atoms with Gasteiger partial charge in [0.1, 0.15) is 18.2 Å². The molecule has 6 heteroatoms. The minimum Gasteiger partial charge on any atom is -0.337 e. The lowest BCUT2D eigenvalue weighted by atomic mass is 10.1. The Labute approximate surface area is 152 Å². The fourth-order valence-corrected chi connectivity index (χ4v) is 3.18. The first kappa shape index (κ1) is 17.5. The maximum Gasteiger partial charge on any atom is 0.266 e. The summed E-state index contributed by atoms with van der Waals surface area (Å²) in [7, 11) is 0. The Kier molecular flexibility index (Phi) is 4.63. The van der Waals surface area contributed by atoms with Crippen molar-refractivity contribution in [2.24, 2.45) is 0 Å². The Morgan fingerprint density at radius 1 is 1.27 bits per heavy atom. The Morgan fingerprint density at radius 3 is 2.65 bits per heavy atom. The molecule has 0 spiro atoms. The quantitative estimate of drug-likeness (QED) is 0.682. The number of hydrogen-bond acceptors (Lipinski definition) is 3. The molecule has 2 amide bonds. The minimum absolute atomic E-state index is 0.0137. The van der Waals surface area contributed by atoms with Crippen molar-refractivity contribution in [2.75, 3.05) is 13.2 Å². The zero-order chi connectivity index (χ0) is 18.8. The van der Waals surface area contributed by atoms with E-state index in [1.165, 1.54) is 4.90 Å². The van der Waals surface area contributed by atoms with Crippen LogP contribution in [0.25, 0.3) is 11.8 Å². The molecular formula is C20H20N4O2. The highest BCUT2D eigenvalue weighted by atomic mass is 16.2. The molecule has 0 saturated carbocycles. The van der Waals surface area contributed by atoms with Gasteiger partial charge >= 0.3 is 0 Å². The van der Waals surface area contributed by atoms with Gasteiger partial charge in [-0.2, -0.15) is 5.26 Å². The summed E-state index contributed by atoms with van der Waals surface area (Å²) in [4.78, 5) is 25.1. The highest BCUT2D eigenvalue weighted by molar-refractivity contribution is 6.04. The molecule has 2 aromatic rings. The standard InChI is InChI=1S/C20H20N4O2/c1-13-5-4-6-18(7-13)24-14(2)8-16(15(24)3)9-17(10-21)20(26)23-11-19(25)22-12-23/h4-9H,11-12H2,1-3H3,(H,22,25)/b17-9+. The highest BCUT2D eigenvalue weighted by Gasteiger charge is 2.26. The minimum atomic E-state index is -0.439. The van der Waals surface area contributed by atoms with E-state index in [2.05, 4.69) is 16.0 Å². The van der Waals surface area contributed by atoms with Gasteiger partial charge in [0.25, 0.3) is 5.91 Å². The molecule has 1 fully saturated rings. The lowest BCUT2D eigenvalue weighted by Gasteiger charge is -2.12. The summed E-state index contributed by atoms with van der Waals surface area (Å²) in [5.41, 5.74) is 5.00. The van der Waals surface area contributed by atoms with Crippen LogP contribution >= 0.6 is 0 Å². The molecule has 26 heavy (non-hydrogen) atoms. The second-order valence-corrected chi connectivity index (χ2v) is 6.43. The van der Waals surface area contributed by atoms with Crippen LogP contribution in [-0.4, -0.2) is 34.5 Å². The van der Waals surface area contributed by atoms with E-state index in [4.69, 9.17) is 0 Å². The molecule has 1 saturated heterocycles. The number of rotatable bonds is 3. The highest BCUT2D eigenvalue weighted by Crippen LogP contribution is 2.23. The normalized spacial score (nSPS) is 14.3. The van der Waals surface area contributed by atoms with Crippen molar-refractivity contribution in [1.82, 2.24) is 14.8 Å². The van der Waals surface area contributed by atoms with Crippen LogP contribution in [0.1, 0.15) is 22.5 Å². The zero-order valence-corrected chi connectivity index (χ0v) is 15.0. The number of nitrogens with one attached hydrogen (secondary N) is 1. The van der Waals surface area contributed by atoms with Gasteiger partial charge in [-0.25, -0.2) is 0 Å². The van der Waals surface area contributed by atoms with Gasteiger partial charge in [0.05, 0.1) is 6.67 Å². The third kappa shape index (κ3) is 3.24. The number of hydrogen-bond donors (Lipinski definition) is 1. The predicted molar refractivity (Wildman–Crippen MR) is 98.3 cm³/mol. The SMILES string of the molecule is Cc1cccc(-n2c(C)cc(/C=C(\C#N)C(=O)N3CNC(=O)C3)c2C)c1. The topological polar surface area (TPSA) is 78.1 Å². The number of nitrogens with zero attached hydrogens (tertiary/aromatic N) is 3. The van der Waals surface area contributed by atoms with Crippen molar-refractivity contribution in [2.45, 2.75) is 20.8 Å². The molecule has 2 heterocycles. The molecule has 1 N–H and O–H groups in total. The van der Waals surface area contributed by atoms with E-state index in [9.17, 15) is 14.9 Å². The Balaban J connectivity index is 1.98. The fraction of sp³-hybridized carbons (Fsp3) is 0.250. The Bertz CT molecular complexity index is 963. The van der Waals surface area contributed by atoms with E-state index in [0.29, 0.717) is 0 Å². The van der Waals surface area contributed by atoms with Crippen LogP contribution in [0.4, 0.5) is 0 Å². The summed E-state index contributed by atoms with van der Waals surface area (Å²) in [6, 6.07) is 12.1. The molecule has 0 unspecified atom stereocenters. The van der Waals surface area contributed by atoms with Crippen molar-refractivity contribution >= 4 is 17.9 Å². The van der Waals surface area contributed by atoms with Crippen LogP contribution in [-0.2, 0) is 9.59 Å². The van der Waals surface area contributed by atoms with E-state index in [1.54, 1.807) is 6.08 Å². The van der Waals surface area contributed by atoms with Gasteiger partial charge < -0.3 is 14.8 Å². The molecule has 3 rings (SSSR count). The van der Waals surface area contributed by atoms with Gasteiger partial charge in [-0.05, 0) is 56.2 Å². The lowest BCUT2D eigenvalue weighted by Crippen LogP contribution is -2.30. The molecule has 1 aliphatic heterocycles. The molecule has 1 aliphatic rings. The third-order valence-electron chi connectivity index (χ3n) is 4.47. The maximum atomic E-state index is 12.5. The second-order valence-electron chi connectivity index (χ2n) is 6.43. The van der Waals surface area contributed by atoms with E-state index in [0.717, 1.165) is 28.2 Å². The molecule has 0 atom stereocenters. The summed E-state index contributed by atoms with van der Waals surface area (Å²) >= 11 is 0. The van der Waals surface area contributed by atoms with Crippen LogP contribution in [0.5, 0.6) is 0 Å². The average Bonchev–Trinajstić information content (AvgIpc) is 3.15. The molecule has 0 bridgehead atoms. The largest absolute Gasteiger partial charge is 0.337 e. The molecular weight excluding hydrogens is 328 g/mol. The van der Waals surface area contributed by atoms with Gasteiger partial charge in [-0.15, -0.1) is 0 Å². The van der Waals surface area contributed by atoms with Crippen LogP contribution in [0.2, 0.25) is 0 Å². The first-order chi connectivity index (χ1) is 12.4. The number of carbonyl (C=O) groups excluding carboxylic acids is 2. The number of nitriles is 1. The first-order valence-electron chi connectivity index (χ1n) is 8.34. The second kappa shape index (κ2) is 6.89. The van der Waals surface area contributed by atoms with Gasteiger partial charge in [0.15, 0.2) is 0 Å². The maximum absolute atomic E-state index is 12.5. The Hall–Kier alpha value is -3.33. The number of aromatic nitrogens is 1. The fourth-order valence-electron chi connectivity index (χ4n) is 3.18. The van der Waals surface area contributed by atoms with Crippen molar-refractivity contribution in [3.8, 4) is 11.8 Å². The lowest BCUT2D eigenvalue weighted by molar-refractivity contribution is -0.127. The van der Waals surface area contributed by atoms with Crippen molar-refractivity contribution in [3.05, 3.63) is 58.4 Å². The van der Waals surface area contributed by atoms with Crippen LogP contribution in [0, 0.1) is 32.1 Å². The summed E-state index contributed by atoms with van der Waals surface area (Å²) in [5, 5.41) is 12.0. The van der Waals surface area contributed by atoms with Crippen molar-refractivity contribution in [3.63, 3.8) is 0 Å². The Morgan fingerprint density at radius 2 is 2.04 bits per heavy atom.